The Balaban J connectivity index is 1.62. The summed E-state index contributed by atoms with van der Waals surface area (Å²) < 4.78 is 10.4. The highest BCUT2D eigenvalue weighted by molar-refractivity contribution is 6.06. The number of carbonyl (C=O) groups excluding carboxylic acids is 2. The third kappa shape index (κ3) is 4.10. The van der Waals surface area contributed by atoms with Crippen LogP contribution >= 0.6 is 0 Å². The average molecular weight is 350 g/mol. The molecule has 3 rings (SSSR count). The highest BCUT2D eigenvalue weighted by Gasteiger charge is 2.12. The molecule has 0 saturated carbocycles. The van der Waals surface area contributed by atoms with Crippen LogP contribution in [0.5, 0.6) is 5.75 Å². The van der Waals surface area contributed by atoms with Gasteiger partial charge in [0.15, 0.2) is 0 Å². The SMILES string of the molecule is COc1ccccc1C(=O)Nc1ccc(C(=O)NCc2ccco2)cc1. The number of nitrogens with one attached hydrogen (secondary N) is 2. The van der Waals surface area contributed by atoms with Gasteiger partial charge >= 0.3 is 0 Å². The van der Waals surface area contributed by atoms with E-state index >= 15 is 0 Å². The lowest BCUT2D eigenvalue weighted by atomic mass is 10.1. The van der Waals surface area contributed by atoms with Crippen molar-refractivity contribution in [3.63, 3.8) is 0 Å². The third-order valence-corrected chi connectivity index (χ3v) is 3.76. The van der Waals surface area contributed by atoms with Crippen LogP contribution in [-0.2, 0) is 6.54 Å². The van der Waals surface area contributed by atoms with E-state index in [0.717, 1.165) is 0 Å². The zero-order valence-electron chi connectivity index (χ0n) is 14.2. The van der Waals surface area contributed by atoms with Gasteiger partial charge in [0.1, 0.15) is 11.5 Å². The molecule has 1 aromatic heterocycles. The Bertz CT molecular complexity index is 886. The number of carbonyl (C=O) groups is 2. The first-order valence-corrected chi connectivity index (χ1v) is 8.02. The van der Waals surface area contributed by atoms with Gasteiger partial charge in [-0.2, -0.15) is 0 Å². The van der Waals surface area contributed by atoms with Gasteiger partial charge in [0.25, 0.3) is 11.8 Å². The molecule has 3 aromatic rings. The molecule has 2 amide bonds. The second-order valence-corrected chi connectivity index (χ2v) is 5.49. The van der Waals surface area contributed by atoms with Gasteiger partial charge in [-0.1, -0.05) is 12.1 Å². The summed E-state index contributed by atoms with van der Waals surface area (Å²) in [5.41, 5.74) is 1.52. The summed E-state index contributed by atoms with van der Waals surface area (Å²) in [6.45, 7) is 0.318. The van der Waals surface area contributed by atoms with Gasteiger partial charge < -0.3 is 19.8 Å². The Labute approximate surface area is 150 Å². The molecule has 6 heteroatoms. The van der Waals surface area contributed by atoms with Crippen molar-refractivity contribution in [3.05, 3.63) is 83.8 Å². The zero-order valence-corrected chi connectivity index (χ0v) is 14.2. The summed E-state index contributed by atoms with van der Waals surface area (Å²) in [5, 5.41) is 5.55. The van der Waals surface area contributed by atoms with Crippen molar-refractivity contribution < 1.29 is 18.7 Å². The molecule has 0 saturated heterocycles. The molecule has 0 unspecified atom stereocenters. The van der Waals surface area contributed by atoms with Crippen molar-refractivity contribution in [1.82, 2.24) is 5.32 Å². The summed E-state index contributed by atoms with van der Waals surface area (Å²) in [4.78, 5) is 24.5. The Hall–Kier alpha value is -3.54. The van der Waals surface area contributed by atoms with E-state index in [0.29, 0.717) is 34.9 Å². The van der Waals surface area contributed by atoms with Gasteiger partial charge in [-0.15, -0.1) is 0 Å². The fourth-order valence-electron chi connectivity index (χ4n) is 2.42. The molecule has 0 atom stereocenters. The Morgan fingerprint density at radius 1 is 0.962 bits per heavy atom. The molecule has 0 aliphatic heterocycles. The van der Waals surface area contributed by atoms with E-state index in [1.54, 1.807) is 66.9 Å². The predicted molar refractivity (Wildman–Crippen MR) is 97.3 cm³/mol. The number of methoxy groups -OCH3 is 1. The Kier molecular flexibility index (Phi) is 5.34. The van der Waals surface area contributed by atoms with Crippen molar-refractivity contribution in [2.24, 2.45) is 0 Å². The van der Waals surface area contributed by atoms with Crippen LogP contribution in [0.2, 0.25) is 0 Å². The molecule has 0 aliphatic carbocycles. The van der Waals surface area contributed by atoms with Crippen molar-refractivity contribution in [3.8, 4) is 5.75 Å². The minimum absolute atomic E-state index is 0.219. The molecule has 132 valence electrons. The van der Waals surface area contributed by atoms with Crippen LogP contribution in [0.25, 0.3) is 0 Å². The van der Waals surface area contributed by atoms with Gasteiger partial charge in [0, 0.05) is 11.3 Å². The van der Waals surface area contributed by atoms with Gasteiger partial charge in [0.2, 0.25) is 0 Å². The number of anilines is 1. The highest BCUT2D eigenvalue weighted by atomic mass is 16.5. The first-order valence-electron chi connectivity index (χ1n) is 8.02. The molecular formula is C20H18N2O4. The Morgan fingerprint density at radius 3 is 2.42 bits per heavy atom. The van der Waals surface area contributed by atoms with Crippen molar-refractivity contribution in [2.75, 3.05) is 12.4 Å². The Morgan fingerprint density at radius 2 is 1.73 bits per heavy atom. The normalized spacial score (nSPS) is 10.2. The third-order valence-electron chi connectivity index (χ3n) is 3.76. The maximum absolute atomic E-state index is 12.4. The fraction of sp³-hybridized carbons (Fsp3) is 0.100. The van der Waals surface area contributed by atoms with Crippen LogP contribution in [0.4, 0.5) is 5.69 Å². The number of rotatable bonds is 6. The minimum Gasteiger partial charge on any atom is -0.496 e. The van der Waals surface area contributed by atoms with Gasteiger partial charge in [-0.25, -0.2) is 0 Å². The number of furan rings is 1. The first-order chi connectivity index (χ1) is 12.7. The summed E-state index contributed by atoms with van der Waals surface area (Å²) in [5.74, 6) is 0.680. The van der Waals surface area contributed by atoms with Crippen LogP contribution < -0.4 is 15.4 Å². The number of para-hydroxylation sites is 1. The van der Waals surface area contributed by atoms with Crippen molar-refractivity contribution in [1.29, 1.82) is 0 Å². The topological polar surface area (TPSA) is 80.6 Å². The molecule has 0 spiro atoms. The first kappa shape index (κ1) is 17.3. The summed E-state index contributed by atoms with van der Waals surface area (Å²) in [6.07, 6.45) is 1.56. The quantitative estimate of drug-likeness (QED) is 0.713. The lowest BCUT2D eigenvalue weighted by molar-refractivity contribution is 0.0947. The maximum Gasteiger partial charge on any atom is 0.259 e. The van der Waals surface area contributed by atoms with Crippen LogP contribution in [0.1, 0.15) is 26.5 Å². The molecule has 1 heterocycles. The summed E-state index contributed by atoms with van der Waals surface area (Å²) in [6, 6.07) is 17.2. The van der Waals surface area contributed by atoms with E-state index in [9.17, 15) is 9.59 Å². The number of amides is 2. The van der Waals surface area contributed by atoms with Gasteiger partial charge in [-0.3, -0.25) is 9.59 Å². The molecule has 0 fully saturated rings. The van der Waals surface area contributed by atoms with E-state index in [2.05, 4.69) is 10.6 Å². The number of hydrogen-bond donors (Lipinski definition) is 2. The largest absolute Gasteiger partial charge is 0.496 e. The standard InChI is InChI=1S/C20H18N2O4/c1-25-18-7-3-2-6-17(18)20(24)22-15-10-8-14(9-11-15)19(23)21-13-16-5-4-12-26-16/h2-12H,13H2,1H3,(H,21,23)(H,22,24). The van der Waals surface area contributed by atoms with Crippen molar-refractivity contribution in [2.45, 2.75) is 6.54 Å². The van der Waals surface area contributed by atoms with Gasteiger partial charge in [0.05, 0.1) is 25.5 Å². The van der Waals surface area contributed by atoms with Crippen LogP contribution in [0.15, 0.2) is 71.3 Å². The molecule has 6 nitrogen and oxygen atoms in total. The molecule has 0 bridgehead atoms. The average Bonchev–Trinajstić information content (AvgIpc) is 3.20. The van der Waals surface area contributed by atoms with E-state index in [1.807, 2.05) is 0 Å². The molecule has 2 N–H and O–H groups in total. The number of hydrogen-bond acceptors (Lipinski definition) is 4. The van der Waals surface area contributed by atoms with E-state index in [-0.39, 0.29) is 11.8 Å². The predicted octanol–water partition coefficient (Wildman–Crippen LogP) is 3.47. The monoisotopic (exact) mass is 350 g/mol. The zero-order chi connectivity index (χ0) is 18.4. The van der Waals surface area contributed by atoms with Crippen LogP contribution in [0, 0.1) is 0 Å². The van der Waals surface area contributed by atoms with Crippen LogP contribution in [0.3, 0.4) is 0 Å². The van der Waals surface area contributed by atoms with E-state index < -0.39 is 0 Å². The molecule has 0 radical (unpaired) electrons. The number of benzene rings is 2. The van der Waals surface area contributed by atoms with Crippen LogP contribution in [-0.4, -0.2) is 18.9 Å². The highest BCUT2D eigenvalue weighted by Crippen LogP contribution is 2.19. The van der Waals surface area contributed by atoms with Gasteiger partial charge in [-0.05, 0) is 48.5 Å². The molecule has 26 heavy (non-hydrogen) atoms. The minimum atomic E-state index is -0.280. The maximum atomic E-state index is 12.4. The summed E-state index contributed by atoms with van der Waals surface area (Å²) in [7, 11) is 1.52. The van der Waals surface area contributed by atoms with Crippen molar-refractivity contribution >= 4 is 17.5 Å². The smallest absolute Gasteiger partial charge is 0.259 e. The van der Waals surface area contributed by atoms with E-state index in [4.69, 9.17) is 9.15 Å². The van der Waals surface area contributed by atoms with E-state index in [1.165, 1.54) is 7.11 Å². The molecular weight excluding hydrogens is 332 g/mol. The number of ether oxygens (including phenoxy) is 1. The lowest BCUT2D eigenvalue weighted by Crippen LogP contribution is -2.22. The lowest BCUT2D eigenvalue weighted by Gasteiger charge is -2.09. The second-order valence-electron chi connectivity index (χ2n) is 5.49. The summed E-state index contributed by atoms with van der Waals surface area (Å²) >= 11 is 0. The molecule has 2 aromatic carbocycles. The molecule has 0 aliphatic rings. The second kappa shape index (κ2) is 8.02. The fourth-order valence-corrected chi connectivity index (χ4v) is 2.42.